The van der Waals surface area contributed by atoms with Gasteiger partial charge in [0.2, 0.25) is 5.91 Å². The zero-order valence-electron chi connectivity index (χ0n) is 13.7. The number of amides is 3. The van der Waals surface area contributed by atoms with E-state index in [9.17, 15) is 14.4 Å². The molecule has 1 heterocycles. The Balaban J connectivity index is 1.93. The Labute approximate surface area is 141 Å². The molecule has 0 unspecified atom stereocenters. The average molecular weight is 333 g/mol. The van der Waals surface area contributed by atoms with Gasteiger partial charge in [0.15, 0.2) is 0 Å². The van der Waals surface area contributed by atoms with Gasteiger partial charge in [-0.05, 0) is 18.2 Å². The van der Waals surface area contributed by atoms with Gasteiger partial charge in [0.05, 0.1) is 5.69 Å². The van der Waals surface area contributed by atoms with Crippen molar-refractivity contribution in [2.45, 2.75) is 6.92 Å². The van der Waals surface area contributed by atoms with E-state index in [0.29, 0.717) is 18.8 Å². The lowest BCUT2D eigenvalue weighted by Crippen LogP contribution is -2.49. The van der Waals surface area contributed by atoms with Gasteiger partial charge in [0.25, 0.3) is 0 Å². The normalized spacial score (nSPS) is 14.9. The Morgan fingerprint density at radius 2 is 2.00 bits per heavy atom. The Morgan fingerprint density at radius 1 is 1.29 bits per heavy atom. The molecular formula is C16H23N5O3. The van der Waals surface area contributed by atoms with Gasteiger partial charge < -0.3 is 16.4 Å². The number of benzene rings is 1. The monoisotopic (exact) mass is 333 g/mol. The van der Waals surface area contributed by atoms with Gasteiger partial charge in [-0.15, -0.1) is 0 Å². The van der Waals surface area contributed by atoms with E-state index in [1.165, 1.54) is 13.0 Å². The number of nitrogens with zero attached hydrogens (tertiary/aromatic N) is 2. The molecule has 8 nitrogen and oxygen atoms in total. The molecule has 0 aromatic heterocycles. The van der Waals surface area contributed by atoms with Crippen LogP contribution in [0.15, 0.2) is 24.3 Å². The number of carbonyl (C=O) groups excluding carboxylic acids is 3. The van der Waals surface area contributed by atoms with Crippen molar-refractivity contribution in [2.75, 3.05) is 49.9 Å². The molecular weight excluding hydrogens is 310 g/mol. The maximum Gasteiger partial charge on any atom is 0.323 e. The van der Waals surface area contributed by atoms with Crippen LogP contribution in [0.4, 0.5) is 11.4 Å². The molecule has 1 aromatic carbocycles. The predicted octanol–water partition coefficient (Wildman–Crippen LogP) is -0.830. The van der Waals surface area contributed by atoms with E-state index in [1.54, 1.807) is 18.2 Å². The fourth-order valence-electron chi connectivity index (χ4n) is 2.55. The van der Waals surface area contributed by atoms with Crippen molar-refractivity contribution in [3.63, 3.8) is 0 Å². The summed E-state index contributed by atoms with van der Waals surface area (Å²) in [5, 5.41) is 5.82. The number of carbonyl (C=O) groups is 3. The van der Waals surface area contributed by atoms with Crippen molar-refractivity contribution in [2.24, 2.45) is 0 Å². The second kappa shape index (κ2) is 8.42. The molecule has 0 spiro atoms. The van der Waals surface area contributed by atoms with Crippen LogP contribution in [-0.2, 0) is 14.4 Å². The summed E-state index contributed by atoms with van der Waals surface area (Å²) in [6, 6.07) is 6.30. The van der Waals surface area contributed by atoms with E-state index in [1.807, 2.05) is 0 Å². The van der Waals surface area contributed by atoms with Crippen molar-refractivity contribution in [1.29, 1.82) is 0 Å². The molecule has 24 heavy (non-hydrogen) atoms. The molecule has 1 aromatic rings. The van der Waals surface area contributed by atoms with Gasteiger partial charge in [0.1, 0.15) is 0 Å². The second-order valence-corrected chi connectivity index (χ2v) is 5.60. The lowest BCUT2D eigenvalue weighted by atomic mass is 10.2. The zero-order chi connectivity index (χ0) is 17.5. The van der Waals surface area contributed by atoms with Gasteiger partial charge in [-0.25, -0.2) is 4.90 Å². The van der Waals surface area contributed by atoms with E-state index in [2.05, 4.69) is 15.5 Å². The quantitative estimate of drug-likeness (QED) is 0.490. The molecule has 8 heteroatoms. The molecule has 0 aliphatic carbocycles. The molecule has 0 bridgehead atoms. The van der Waals surface area contributed by atoms with Gasteiger partial charge in [-0.3, -0.25) is 19.3 Å². The molecule has 1 fully saturated rings. The summed E-state index contributed by atoms with van der Waals surface area (Å²) >= 11 is 0. The number of nitrogens with one attached hydrogen (secondary N) is 2. The molecule has 1 saturated heterocycles. The highest BCUT2D eigenvalue weighted by atomic mass is 16.2. The molecule has 3 amide bonds. The van der Waals surface area contributed by atoms with Gasteiger partial charge >= 0.3 is 11.8 Å². The SMILES string of the molecule is CC(=O)N(C(=O)C(=O)NCCN1CCNCC1)c1cccc(N)c1. The van der Waals surface area contributed by atoms with Crippen molar-refractivity contribution < 1.29 is 14.4 Å². The Hall–Kier alpha value is -2.45. The van der Waals surface area contributed by atoms with Crippen LogP contribution in [0, 0.1) is 0 Å². The number of imide groups is 1. The molecule has 1 aliphatic heterocycles. The van der Waals surface area contributed by atoms with Crippen molar-refractivity contribution in [3.8, 4) is 0 Å². The van der Waals surface area contributed by atoms with Crippen molar-refractivity contribution >= 4 is 29.1 Å². The fourth-order valence-corrected chi connectivity index (χ4v) is 2.55. The number of nitrogen functional groups attached to an aromatic ring is 1. The molecule has 0 radical (unpaired) electrons. The fraction of sp³-hybridized carbons (Fsp3) is 0.438. The minimum atomic E-state index is -0.909. The van der Waals surface area contributed by atoms with Crippen LogP contribution in [0.2, 0.25) is 0 Å². The van der Waals surface area contributed by atoms with Crippen LogP contribution in [0.3, 0.4) is 0 Å². The zero-order valence-corrected chi connectivity index (χ0v) is 13.7. The number of piperazine rings is 1. The largest absolute Gasteiger partial charge is 0.399 e. The van der Waals surface area contributed by atoms with Gasteiger partial charge in [-0.1, -0.05) is 6.07 Å². The summed E-state index contributed by atoms with van der Waals surface area (Å²) in [5.74, 6) is -2.25. The highest BCUT2D eigenvalue weighted by Gasteiger charge is 2.26. The van der Waals surface area contributed by atoms with Crippen LogP contribution in [0.25, 0.3) is 0 Å². The summed E-state index contributed by atoms with van der Waals surface area (Å²) in [5.41, 5.74) is 6.37. The standard InChI is InChI=1S/C16H23N5O3/c1-12(22)21(14-4-2-3-13(17)11-14)16(24)15(23)19-7-10-20-8-5-18-6-9-20/h2-4,11,18H,5-10,17H2,1H3,(H,19,23). The van der Waals surface area contributed by atoms with Gasteiger partial charge in [-0.2, -0.15) is 0 Å². The Kier molecular flexibility index (Phi) is 6.28. The summed E-state index contributed by atoms with van der Waals surface area (Å²) in [6.07, 6.45) is 0. The van der Waals surface area contributed by atoms with E-state index in [4.69, 9.17) is 5.73 Å². The predicted molar refractivity (Wildman–Crippen MR) is 91.3 cm³/mol. The van der Waals surface area contributed by atoms with Crippen LogP contribution < -0.4 is 21.3 Å². The maximum absolute atomic E-state index is 12.3. The number of anilines is 2. The summed E-state index contributed by atoms with van der Waals surface area (Å²) in [4.78, 5) is 39.2. The number of hydrogen-bond acceptors (Lipinski definition) is 6. The lowest BCUT2D eigenvalue weighted by molar-refractivity contribution is -0.139. The Bertz CT molecular complexity index is 613. The highest BCUT2D eigenvalue weighted by Crippen LogP contribution is 2.18. The van der Waals surface area contributed by atoms with Crippen LogP contribution in [-0.4, -0.2) is 61.9 Å². The highest BCUT2D eigenvalue weighted by molar-refractivity contribution is 6.45. The van der Waals surface area contributed by atoms with Gasteiger partial charge in [0, 0.05) is 51.9 Å². The molecule has 4 N–H and O–H groups in total. The summed E-state index contributed by atoms with van der Waals surface area (Å²) in [7, 11) is 0. The van der Waals surface area contributed by atoms with E-state index >= 15 is 0 Å². The summed E-state index contributed by atoms with van der Waals surface area (Å²) in [6.45, 7) is 5.90. The number of rotatable bonds is 4. The second-order valence-electron chi connectivity index (χ2n) is 5.60. The number of nitrogens with two attached hydrogens (primary N) is 1. The molecule has 1 aliphatic rings. The first-order valence-electron chi connectivity index (χ1n) is 7.90. The van der Waals surface area contributed by atoms with Crippen LogP contribution >= 0.6 is 0 Å². The third-order valence-corrected chi connectivity index (χ3v) is 3.76. The Morgan fingerprint density at radius 3 is 2.62 bits per heavy atom. The first kappa shape index (κ1) is 17.9. The third kappa shape index (κ3) is 4.77. The molecule has 2 rings (SSSR count). The van der Waals surface area contributed by atoms with Crippen LogP contribution in [0.1, 0.15) is 6.92 Å². The molecule has 0 atom stereocenters. The maximum atomic E-state index is 12.3. The first-order valence-corrected chi connectivity index (χ1v) is 7.90. The topological polar surface area (TPSA) is 108 Å². The van der Waals surface area contributed by atoms with E-state index in [0.717, 1.165) is 31.1 Å². The van der Waals surface area contributed by atoms with Crippen LogP contribution in [0.5, 0.6) is 0 Å². The third-order valence-electron chi connectivity index (χ3n) is 3.76. The minimum Gasteiger partial charge on any atom is -0.399 e. The first-order chi connectivity index (χ1) is 11.5. The molecule has 0 saturated carbocycles. The van der Waals surface area contributed by atoms with E-state index in [-0.39, 0.29) is 5.69 Å². The lowest BCUT2D eigenvalue weighted by Gasteiger charge is -2.27. The molecule has 130 valence electrons. The minimum absolute atomic E-state index is 0.282. The van der Waals surface area contributed by atoms with Crippen molar-refractivity contribution in [3.05, 3.63) is 24.3 Å². The smallest absolute Gasteiger partial charge is 0.323 e. The van der Waals surface area contributed by atoms with Crippen molar-refractivity contribution in [1.82, 2.24) is 15.5 Å². The summed E-state index contributed by atoms with van der Waals surface area (Å²) < 4.78 is 0. The van der Waals surface area contributed by atoms with E-state index < -0.39 is 17.7 Å². The number of hydrogen-bond donors (Lipinski definition) is 3. The average Bonchev–Trinajstić information content (AvgIpc) is 2.55.